The average molecular weight is 412 g/mol. The highest BCUT2D eigenvalue weighted by atomic mass is 32.1. The first-order chi connectivity index (χ1) is 14.0. The summed E-state index contributed by atoms with van der Waals surface area (Å²) in [4.78, 5) is 28.2. The van der Waals surface area contributed by atoms with Gasteiger partial charge in [0.1, 0.15) is 0 Å². The van der Waals surface area contributed by atoms with Gasteiger partial charge in [0.15, 0.2) is 0 Å². The van der Waals surface area contributed by atoms with Crippen molar-refractivity contribution in [2.75, 3.05) is 18.4 Å². The molecule has 1 aliphatic heterocycles. The summed E-state index contributed by atoms with van der Waals surface area (Å²) in [6.07, 6.45) is 5.07. The summed E-state index contributed by atoms with van der Waals surface area (Å²) in [5, 5.41) is 5.16. The number of nitrogens with two attached hydrogens (primary N) is 1. The van der Waals surface area contributed by atoms with Crippen molar-refractivity contribution in [2.45, 2.75) is 45.6 Å². The number of carbonyl (C=O) groups excluding carboxylic acids is 2. The van der Waals surface area contributed by atoms with Gasteiger partial charge < -0.3 is 11.1 Å². The molecule has 6 heteroatoms. The van der Waals surface area contributed by atoms with E-state index in [0.717, 1.165) is 55.5 Å². The number of amides is 2. The van der Waals surface area contributed by atoms with Crippen LogP contribution in [0.3, 0.4) is 0 Å². The van der Waals surface area contributed by atoms with E-state index >= 15 is 0 Å². The Morgan fingerprint density at radius 2 is 2.10 bits per heavy atom. The lowest BCUT2D eigenvalue weighted by Gasteiger charge is -2.31. The quantitative estimate of drug-likeness (QED) is 0.785. The largest absolute Gasteiger partial charge is 0.369 e. The summed E-state index contributed by atoms with van der Waals surface area (Å²) < 4.78 is 0. The van der Waals surface area contributed by atoms with Crippen LogP contribution >= 0.6 is 11.3 Å². The van der Waals surface area contributed by atoms with Crippen LogP contribution in [0.4, 0.5) is 5.69 Å². The predicted molar refractivity (Wildman–Crippen MR) is 117 cm³/mol. The van der Waals surface area contributed by atoms with Gasteiger partial charge in [0, 0.05) is 29.0 Å². The fourth-order valence-corrected chi connectivity index (χ4v) is 5.75. The number of nitrogens with one attached hydrogen (secondary N) is 1. The molecule has 5 nitrogen and oxygen atoms in total. The van der Waals surface area contributed by atoms with E-state index in [1.165, 1.54) is 10.4 Å². The van der Waals surface area contributed by atoms with E-state index < -0.39 is 0 Å². The zero-order chi connectivity index (χ0) is 20.4. The molecule has 0 spiro atoms. The van der Waals surface area contributed by atoms with Crippen molar-refractivity contribution < 1.29 is 9.59 Å². The third-order valence-corrected chi connectivity index (χ3v) is 7.26. The van der Waals surface area contributed by atoms with Gasteiger partial charge in [-0.15, -0.1) is 11.3 Å². The minimum absolute atomic E-state index is 0.0156. The van der Waals surface area contributed by atoms with E-state index in [4.69, 9.17) is 5.73 Å². The summed E-state index contributed by atoms with van der Waals surface area (Å²) in [6, 6.07) is 7.96. The molecule has 0 saturated carbocycles. The van der Waals surface area contributed by atoms with Crippen molar-refractivity contribution in [3.05, 3.63) is 51.2 Å². The first-order valence-corrected chi connectivity index (χ1v) is 11.4. The Morgan fingerprint density at radius 3 is 2.93 bits per heavy atom. The first-order valence-electron chi connectivity index (χ1n) is 10.5. The van der Waals surface area contributed by atoms with Gasteiger partial charge in [0.25, 0.3) is 5.91 Å². The van der Waals surface area contributed by atoms with Crippen molar-refractivity contribution in [3.63, 3.8) is 0 Å². The Kier molecular flexibility index (Phi) is 6.01. The summed E-state index contributed by atoms with van der Waals surface area (Å²) >= 11 is 1.72. The third kappa shape index (κ3) is 4.54. The molecule has 2 aromatic rings. The van der Waals surface area contributed by atoms with Crippen molar-refractivity contribution in [1.82, 2.24) is 4.90 Å². The molecule has 0 bridgehead atoms. The number of para-hydroxylation sites is 1. The van der Waals surface area contributed by atoms with E-state index in [1.807, 2.05) is 29.6 Å². The van der Waals surface area contributed by atoms with E-state index in [1.54, 1.807) is 11.3 Å². The number of benzene rings is 1. The lowest BCUT2D eigenvalue weighted by atomic mass is 9.88. The number of hydrogen-bond acceptors (Lipinski definition) is 4. The molecule has 2 aliphatic rings. The lowest BCUT2D eigenvalue weighted by molar-refractivity contribution is -0.123. The molecule has 4 rings (SSSR count). The molecule has 29 heavy (non-hydrogen) atoms. The number of likely N-dealkylation sites (tertiary alicyclic amines) is 1. The molecular formula is C23H29N3O2S. The van der Waals surface area contributed by atoms with Gasteiger partial charge in [-0.05, 0) is 61.8 Å². The van der Waals surface area contributed by atoms with Crippen LogP contribution in [0.25, 0.3) is 0 Å². The molecule has 1 aromatic heterocycles. The van der Waals surface area contributed by atoms with Gasteiger partial charge in [-0.25, -0.2) is 0 Å². The van der Waals surface area contributed by atoms with Crippen molar-refractivity contribution in [2.24, 2.45) is 17.6 Å². The topological polar surface area (TPSA) is 75.4 Å². The monoisotopic (exact) mass is 411 g/mol. The van der Waals surface area contributed by atoms with Crippen LogP contribution in [0, 0.1) is 11.8 Å². The Balaban J connectivity index is 1.48. The number of nitrogens with zero attached hydrogens (tertiary/aromatic N) is 1. The average Bonchev–Trinajstić information content (AvgIpc) is 3.13. The van der Waals surface area contributed by atoms with Gasteiger partial charge in [0.05, 0.1) is 11.5 Å². The zero-order valence-corrected chi connectivity index (χ0v) is 17.8. The van der Waals surface area contributed by atoms with Crippen molar-refractivity contribution >= 4 is 28.8 Å². The highest BCUT2D eigenvalue weighted by Gasteiger charge is 2.26. The van der Waals surface area contributed by atoms with E-state index in [9.17, 15) is 9.59 Å². The highest BCUT2D eigenvalue weighted by molar-refractivity contribution is 7.10. The van der Waals surface area contributed by atoms with Crippen LogP contribution in [0.1, 0.15) is 52.5 Å². The Hall–Kier alpha value is -2.18. The highest BCUT2D eigenvalue weighted by Crippen LogP contribution is 2.33. The Bertz CT molecular complexity index is 907. The maximum Gasteiger partial charge on any atom is 0.256 e. The zero-order valence-electron chi connectivity index (χ0n) is 16.9. The molecule has 154 valence electrons. The van der Waals surface area contributed by atoms with Gasteiger partial charge in [-0.2, -0.15) is 0 Å². The molecule has 2 amide bonds. The number of piperidine rings is 1. The fraction of sp³-hybridized carbons (Fsp3) is 0.478. The fourth-order valence-electron chi connectivity index (χ4n) is 4.51. The SMILES string of the molecule is CC1CCc2c(C(=O)Nc3ccccc3CN3CCCC(C(N)=O)C3)csc2C1. The number of rotatable bonds is 5. The smallest absolute Gasteiger partial charge is 0.256 e. The van der Waals surface area contributed by atoms with Crippen molar-refractivity contribution in [1.29, 1.82) is 0 Å². The van der Waals surface area contributed by atoms with E-state index in [-0.39, 0.29) is 17.7 Å². The maximum atomic E-state index is 13.0. The van der Waals surface area contributed by atoms with Crippen LogP contribution in [0.15, 0.2) is 29.6 Å². The molecule has 3 N–H and O–H groups in total. The maximum absolute atomic E-state index is 13.0. The van der Waals surface area contributed by atoms with E-state index in [0.29, 0.717) is 19.0 Å². The minimum Gasteiger partial charge on any atom is -0.369 e. The first kappa shape index (κ1) is 20.1. The molecule has 0 radical (unpaired) electrons. The second kappa shape index (κ2) is 8.67. The summed E-state index contributed by atoms with van der Waals surface area (Å²) in [6.45, 7) is 4.62. The molecule has 2 heterocycles. The number of carbonyl (C=O) groups is 2. The lowest BCUT2D eigenvalue weighted by Crippen LogP contribution is -2.40. The van der Waals surface area contributed by atoms with Gasteiger partial charge in [0.2, 0.25) is 5.91 Å². The number of fused-ring (bicyclic) bond motifs is 1. The molecule has 1 fully saturated rings. The molecule has 2 unspecified atom stereocenters. The van der Waals surface area contributed by atoms with Gasteiger partial charge >= 0.3 is 0 Å². The number of primary amides is 1. The molecular weight excluding hydrogens is 382 g/mol. The number of thiophene rings is 1. The standard InChI is InChI=1S/C23H29N3O2S/c1-15-8-9-18-19(14-29-21(18)11-15)23(28)25-20-7-3-2-5-16(20)12-26-10-4-6-17(13-26)22(24)27/h2-3,5,7,14-15,17H,4,6,8-13H2,1H3,(H2,24,27)(H,25,28). The van der Waals surface area contributed by atoms with Gasteiger partial charge in [-0.3, -0.25) is 14.5 Å². The van der Waals surface area contributed by atoms with Crippen LogP contribution < -0.4 is 11.1 Å². The van der Waals surface area contributed by atoms with Gasteiger partial charge in [-0.1, -0.05) is 25.1 Å². The molecule has 2 atom stereocenters. The second-order valence-corrected chi connectivity index (χ2v) is 9.45. The second-order valence-electron chi connectivity index (χ2n) is 8.49. The van der Waals surface area contributed by atoms with Crippen LogP contribution in [0.5, 0.6) is 0 Å². The van der Waals surface area contributed by atoms with Crippen LogP contribution in [0.2, 0.25) is 0 Å². The number of hydrogen-bond donors (Lipinski definition) is 2. The van der Waals surface area contributed by atoms with Crippen LogP contribution in [-0.2, 0) is 24.2 Å². The minimum atomic E-state index is -0.215. The summed E-state index contributed by atoms with van der Waals surface area (Å²) in [7, 11) is 0. The molecule has 1 aliphatic carbocycles. The van der Waals surface area contributed by atoms with E-state index in [2.05, 4.69) is 17.1 Å². The summed E-state index contributed by atoms with van der Waals surface area (Å²) in [5.41, 5.74) is 9.51. The van der Waals surface area contributed by atoms with Crippen molar-refractivity contribution in [3.8, 4) is 0 Å². The Morgan fingerprint density at radius 1 is 1.28 bits per heavy atom. The summed E-state index contributed by atoms with van der Waals surface area (Å²) in [5.74, 6) is 0.391. The Labute approximate surface area is 176 Å². The predicted octanol–water partition coefficient (Wildman–Crippen LogP) is 3.82. The number of anilines is 1. The molecule has 1 saturated heterocycles. The van der Waals surface area contributed by atoms with Crippen LogP contribution in [-0.4, -0.2) is 29.8 Å². The third-order valence-electron chi connectivity index (χ3n) is 6.21. The molecule has 1 aromatic carbocycles. The normalized spacial score (nSPS) is 22.1.